The highest BCUT2D eigenvalue weighted by atomic mass is 16.5. The van der Waals surface area contributed by atoms with Crippen LogP contribution < -0.4 is 5.32 Å². The van der Waals surface area contributed by atoms with Gasteiger partial charge in [0.25, 0.3) is 0 Å². The van der Waals surface area contributed by atoms with Crippen molar-refractivity contribution in [3.63, 3.8) is 0 Å². The van der Waals surface area contributed by atoms with E-state index in [4.69, 9.17) is 4.52 Å². The second-order valence-corrected chi connectivity index (χ2v) is 5.30. The van der Waals surface area contributed by atoms with Crippen LogP contribution in [0.25, 0.3) is 11.5 Å². The fraction of sp³-hybridized carbons (Fsp3) is 0.500. The molecule has 5 nitrogen and oxygen atoms in total. The summed E-state index contributed by atoms with van der Waals surface area (Å²) in [7, 11) is 0. The van der Waals surface area contributed by atoms with Crippen molar-refractivity contribution in [2.24, 2.45) is 0 Å². The number of aryl methyl sites for hydroxylation is 1. The fourth-order valence-corrected chi connectivity index (χ4v) is 2.46. The molecule has 5 heteroatoms. The van der Waals surface area contributed by atoms with E-state index in [0.717, 1.165) is 24.4 Å². The molecule has 0 aliphatic carbocycles. The van der Waals surface area contributed by atoms with Crippen LogP contribution in [-0.2, 0) is 5.54 Å². The standard InChI is InChI=1S/C14H18N4O/c1-10-6-5-7-11(16-10)12-17-13(19-18-12)14(2)8-3-4-9-15-14/h5-7,15H,3-4,8-9H2,1-2H3. The van der Waals surface area contributed by atoms with Gasteiger partial charge >= 0.3 is 0 Å². The van der Waals surface area contributed by atoms with Gasteiger partial charge in [0.2, 0.25) is 11.7 Å². The Kier molecular flexibility index (Phi) is 3.06. The van der Waals surface area contributed by atoms with Crippen LogP contribution in [0.5, 0.6) is 0 Å². The first-order valence-electron chi connectivity index (χ1n) is 6.71. The van der Waals surface area contributed by atoms with Gasteiger partial charge in [0.05, 0.1) is 5.54 Å². The Hall–Kier alpha value is -1.75. The number of hydrogen-bond acceptors (Lipinski definition) is 5. The number of pyridine rings is 1. The smallest absolute Gasteiger partial charge is 0.247 e. The van der Waals surface area contributed by atoms with Crippen LogP contribution in [0, 0.1) is 6.92 Å². The lowest BCUT2D eigenvalue weighted by Gasteiger charge is -2.31. The van der Waals surface area contributed by atoms with E-state index in [9.17, 15) is 0 Å². The largest absolute Gasteiger partial charge is 0.337 e. The van der Waals surface area contributed by atoms with E-state index in [2.05, 4.69) is 27.4 Å². The van der Waals surface area contributed by atoms with Crippen molar-refractivity contribution < 1.29 is 4.52 Å². The van der Waals surface area contributed by atoms with Gasteiger partial charge in [-0.05, 0) is 51.8 Å². The van der Waals surface area contributed by atoms with Crippen LogP contribution >= 0.6 is 0 Å². The molecule has 0 aromatic carbocycles. The van der Waals surface area contributed by atoms with E-state index in [-0.39, 0.29) is 5.54 Å². The summed E-state index contributed by atoms with van der Waals surface area (Å²) < 4.78 is 5.44. The third kappa shape index (κ3) is 2.38. The normalized spacial score (nSPS) is 23.5. The minimum Gasteiger partial charge on any atom is -0.337 e. The van der Waals surface area contributed by atoms with Gasteiger partial charge in [-0.1, -0.05) is 11.2 Å². The molecule has 1 unspecified atom stereocenters. The molecule has 1 N–H and O–H groups in total. The Balaban J connectivity index is 1.91. The second-order valence-electron chi connectivity index (χ2n) is 5.30. The van der Waals surface area contributed by atoms with Crippen molar-refractivity contribution in [1.29, 1.82) is 0 Å². The van der Waals surface area contributed by atoms with Crippen LogP contribution in [0.1, 0.15) is 37.8 Å². The lowest BCUT2D eigenvalue weighted by atomic mass is 9.91. The van der Waals surface area contributed by atoms with E-state index in [0.29, 0.717) is 11.7 Å². The predicted octanol–water partition coefficient (Wildman–Crippen LogP) is 2.43. The fourth-order valence-electron chi connectivity index (χ4n) is 2.46. The molecular formula is C14H18N4O. The Morgan fingerprint density at radius 3 is 2.89 bits per heavy atom. The Bertz CT molecular complexity index is 572. The van der Waals surface area contributed by atoms with Crippen molar-refractivity contribution in [3.8, 4) is 11.5 Å². The Morgan fingerprint density at radius 2 is 2.16 bits per heavy atom. The van der Waals surface area contributed by atoms with E-state index in [1.54, 1.807) is 0 Å². The average Bonchev–Trinajstić information content (AvgIpc) is 2.90. The van der Waals surface area contributed by atoms with Crippen LogP contribution in [0.2, 0.25) is 0 Å². The van der Waals surface area contributed by atoms with Crippen molar-refractivity contribution in [1.82, 2.24) is 20.4 Å². The molecule has 1 fully saturated rings. The molecule has 19 heavy (non-hydrogen) atoms. The molecule has 1 atom stereocenters. The average molecular weight is 258 g/mol. The summed E-state index contributed by atoms with van der Waals surface area (Å²) in [5.41, 5.74) is 1.51. The lowest BCUT2D eigenvalue weighted by molar-refractivity contribution is 0.207. The number of aromatic nitrogens is 3. The van der Waals surface area contributed by atoms with Crippen molar-refractivity contribution in [2.45, 2.75) is 38.6 Å². The third-order valence-electron chi connectivity index (χ3n) is 3.63. The molecule has 0 bridgehead atoms. The maximum atomic E-state index is 5.44. The van der Waals surface area contributed by atoms with Crippen LogP contribution in [0.3, 0.4) is 0 Å². The first-order chi connectivity index (χ1) is 9.17. The topological polar surface area (TPSA) is 63.8 Å². The maximum Gasteiger partial charge on any atom is 0.247 e. The Labute approximate surface area is 112 Å². The number of rotatable bonds is 2. The van der Waals surface area contributed by atoms with E-state index >= 15 is 0 Å². The summed E-state index contributed by atoms with van der Waals surface area (Å²) in [6, 6.07) is 5.81. The molecule has 2 aromatic rings. The summed E-state index contributed by atoms with van der Waals surface area (Å²) in [4.78, 5) is 8.93. The van der Waals surface area contributed by atoms with Crippen LogP contribution in [0.4, 0.5) is 0 Å². The monoisotopic (exact) mass is 258 g/mol. The Morgan fingerprint density at radius 1 is 1.26 bits per heavy atom. The van der Waals surface area contributed by atoms with Crippen LogP contribution in [-0.4, -0.2) is 21.7 Å². The highest BCUT2D eigenvalue weighted by molar-refractivity contribution is 5.48. The van der Waals surface area contributed by atoms with E-state index in [1.165, 1.54) is 12.8 Å². The molecule has 1 saturated heterocycles. The van der Waals surface area contributed by atoms with Crippen molar-refractivity contribution in [3.05, 3.63) is 29.8 Å². The molecule has 0 radical (unpaired) electrons. The number of nitrogens with zero attached hydrogens (tertiary/aromatic N) is 3. The quantitative estimate of drug-likeness (QED) is 0.896. The van der Waals surface area contributed by atoms with Crippen molar-refractivity contribution >= 4 is 0 Å². The minimum absolute atomic E-state index is 0.201. The van der Waals surface area contributed by atoms with Gasteiger partial charge < -0.3 is 9.84 Å². The molecule has 0 spiro atoms. The van der Waals surface area contributed by atoms with Gasteiger partial charge in [0, 0.05) is 5.69 Å². The summed E-state index contributed by atoms with van der Waals surface area (Å²) in [5.74, 6) is 1.22. The van der Waals surface area contributed by atoms with E-state index in [1.807, 2.05) is 25.1 Å². The second kappa shape index (κ2) is 4.74. The summed E-state index contributed by atoms with van der Waals surface area (Å²) in [6.07, 6.45) is 3.41. The molecule has 0 saturated carbocycles. The van der Waals surface area contributed by atoms with Gasteiger partial charge in [-0.2, -0.15) is 4.98 Å². The predicted molar refractivity (Wildman–Crippen MR) is 71.5 cm³/mol. The minimum atomic E-state index is -0.201. The molecule has 100 valence electrons. The first-order valence-corrected chi connectivity index (χ1v) is 6.71. The molecule has 1 aliphatic heterocycles. The summed E-state index contributed by atoms with van der Waals surface area (Å²) in [5, 5.41) is 7.53. The molecular weight excluding hydrogens is 240 g/mol. The zero-order valence-electron chi connectivity index (χ0n) is 11.3. The SMILES string of the molecule is Cc1cccc(-c2noc(C3(C)CCCCN3)n2)n1. The van der Waals surface area contributed by atoms with Gasteiger partial charge in [0.15, 0.2) is 0 Å². The third-order valence-corrected chi connectivity index (χ3v) is 3.63. The molecule has 3 rings (SSSR count). The first kappa shape index (κ1) is 12.3. The molecule has 3 heterocycles. The number of nitrogens with one attached hydrogen (secondary N) is 1. The van der Waals surface area contributed by atoms with Crippen molar-refractivity contribution in [2.75, 3.05) is 6.54 Å². The summed E-state index contributed by atoms with van der Waals surface area (Å²) >= 11 is 0. The van der Waals surface area contributed by atoms with E-state index < -0.39 is 0 Å². The lowest BCUT2D eigenvalue weighted by Crippen LogP contribution is -2.43. The molecule has 2 aromatic heterocycles. The zero-order chi connectivity index (χ0) is 13.3. The molecule has 0 amide bonds. The summed E-state index contributed by atoms with van der Waals surface area (Å²) in [6.45, 7) is 5.07. The van der Waals surface area contributed by atoms with Gasteiger partial charge in [-0.25, -0.2) is 4.98 Å². The van der Waals surface area contributed by atoms with Gasteiger partial charge in [0.1, 0.15) is 5.69 Å². The number of piperidine rings is 1. The maximum absolute atomic E-state index is 5.44. The molecule has 1 aliphatic rings. The van der Waals surface area contributed by atoms with Crippen LogP contribution in [0.15, 0.2) is 22.7 Å². The van der Waals surface area contributed by atoms with Gasteiger partial charge in [-0.3, -0.25) is 0 Å². The highest BCUT2D eigenvalue weighted by Gasteiger charge is 2.34. The van der Waals surface area contributed by atoms with Gasteiger partial charge in [-0.15, -0.1) is 0 Å². The number of hydrogen-bond donors (Lipinski definition) is 1. The highest BCUT2D eigenvalue weighted by Crippen LogP contribution is 2.29. The zero-order valence-corrected chi connectivity index (χ0v) is 11.3.